The third-order valence-electron chi connectivity index (χ3n) is 3.09. The predicted molar refractivity (Wildman–Crippen MR) is 67.2 cm³/mol. The van der Waals surface area contributed by atoms with Crippen LogP contribution in [0, 0.1) is 0 Å². The smallest absolute Gasteiger partial charge is 0.255 e. The van der Waals surface area contributed by atoms with Gasteiger partial charge in [-0.25, -0.2) is 0 Å². The van der Waals surface area contributed by atoms with Crippen molar-refractivity contribution >= 4 is 17.5 Å². The zero-order chi connectivity index (χ0) is 12.4. The first kappa shape index (κ1) is 12.3. The lowest BCUT2D eigenvalue weighted by molar-refractivity contribution is 0.0533. The second kappa shape index (κ2) is 5.02. The lowest BCUT2D eigenvalue weighted by Crippen LogP contribution is -2.52. The van der Waals surface area contributed by atoms with E-state index in [-0.39, 0.29) is 11.9 Å². The van der Waals surface area contributed by atoms with Crippen molar-refractivity contribution in [1.82, 2.24) is 14.8 Å². The van der Waals surface area contributed by atoms with E-state index in [0.29, 0.717) is 10.6 Å². The molecule has 1 atom stereocenters. The molecule has 4 nitrogen and oxygen atoms in total. The molecule has 2 heterocycles. The van der Waals surface area contributed by atoms with Crippen molar-refractivity contribution in [1.29, 1.82) is 0 Å². The third-order valence-corrected chi connectivity index (χ3v) is 3.40. The maximum atomic E-state index is 12.3. The highest BCUT2D eigenvalue weighted by molar-refractivity contribution is 6.33. The van der Waals surface area contributed by atoms with E-state index >= 15 is 0 Å². The monoisotopic (exact) mass is 253 g/mol. The Kier molecular flexibility index (Phi) is 3.64. The fraction of sp³-hybridized carbons (Fsp3) is 0.500. The molecular weight excluding hydrogens is 238 g/mol. The van der Waals surface area contributed by atoms with Crippen LogP contribution in [0.2, 0.25) is 5.02 Å². The van der Waals surface area contributed by atoms with Gasteiger partial charge in [-0.1, -0.05) is 11.6 Å². The van der Waals surface area contributed by atoms with Gasteiger partial charge in [0.1, 0.15) is 0 Å². The Balaban J connectivity index is 2.18. The van der Waals surface area contributed by atoms with Crippen molar-refractivity contribution in [2.75, 3.05) is 26.7 Å². The maximum Gasteiger partial charge on any atom is 0.255 e. The fourth-order valence-electron chi connectivity index (χ4n) is 2.14. The van der Waals surface area contributed by atoms with E-state index in [0.717, 1.165) is 19.6 Å². The second-order valence-corrected chi connectivity index (χ2v) is 4.87. The van der Waals surface area contributed by atoms with Crippen LogP contribution in [0.3, 0.4) is 0 Å². The number of rotatable bonds is 1. The van der Waals surface area contributed by atoms with Gasteiger partial charge in [-0.3, -0.25) is 9.78 Å². The minimum Gasteiger partial charge on any atom is -0.333 e. The minimum atomic E-state index is -0.00185. The first-order chi connectivity index (χ1) is 8.09. The number of likely N-dealkylation sites (N-methyl/N-ethyl adjacent to an activating group) is 1. The fourth-order valence-corrected chi connectivity index (χ4v) is 2.34. The number of aromatic nitrogens is 1. The lowest BCUT2D eigenvalue weighted by atomic mass is 10.1. The molecule has 17 heavy (non-hydrogen) atoms. The van der Waals surface area contributed by atoms with E-state index in [4.69, 9.17) is 11.6 Å². The number of nitrogens with zero attached hydrogens (tertiary/aromatic N) is 3. The van der Waals surface area contributed by atoms with Crippen LogP contribution < -0.4 is 0 Å². The van der Waals surface area contributed by atoms with E-state index in [2.05, 4.69) is 23.9 Å². The number of halogens is 1. The molecular formula is C12H16ClN3O. The average molecular weight is 254 g/mol. The van der Waals surface area contributed by atoms with Gasteiger partial charge in [0.2, 0.25) is 0 Å². The number of carbonyl (C=O) groups is 1. The summed E-state index contributed by atoms with van der Waals surface area (Å²) in [6.45, 7) is 4.60. The molecule has 2 rings (SSSR count). The van der Waals surface area contributed by atoms with E-state index in [1.165, 1.54) is 6.20 Å². The highest BCUT2D eigenvalue weighted by atomic mass is 35.5. The Morgan fingerprint density at radius 3 is 2.94 bits per heavy atom. The molecule has 0 aromatic carbocycles. The Morgan fingerprint density at radius 1 is 1.53 bits per heavy atom. The zero-order valence-corrected chi connectivity index (χ0v) is 10.8. The highest BCUT2D eigenvalue weighted by Crippen LogP contribution is 2.18. The van der Waals surface area contributed by atoms with Gasteiger partial charge in [-0.05, 0) is 20.0 Å². The van der Waals surface area contributed by atoms with Crippen molar-refractivity contribution < 1.29 is 4.79 Å². The molecule has 1 amide bonds. The average Bonchev–Trinajstić information content (AvgIpc) is 2.29. The molecule has 92 valence electrons. The Bertz CT molecular complexity index is 424. The molecule has 0 spiro atoms. The summed E-state index contributed by atoms with van der Waals surface area (Å²) in [6.07, 6.45) is 3.11. The van der Waals surface area contributed by atoms with Crippen molar-refractivity contribution in [3.8, 4) is 0 Å². The number of amides is 1. The quantitative estimate of drug-likeness (QED) is 0.761. The van der Waals surface area contributed by atoms with Crippen LogP contribution >= 0.6 is 11.6 Å². The van der Waals surface area contributed by atoms with Crippen LogP contribution in [0.25, 0.3) is 0 Å². The van der Waals surface area contributed by atoms with Crippen LogP contribution in [0.15, 0.2) is 18.5 Å². The van der Waals surface area contributed by atoms with Gasteiger partial charge in [-0.2, -0.15) is 0 Å². The number of carbonyl (C=O) groups excluding carboxylic acids is 1. The molecule has 0 saturated carbocycles. The molecule has 1 unspecified atom stereocenters. The van der Waals surface area contributed by atoms with E-state index in [9.17, 15) is 4.79 Å². The Hall–Kier alpha value is -1.13. The number of pyridine rings is 1. The summed E-state index contributed by atoms with van der Waals surface area (Å²) in [5, 5.41) is 0.420. The van der Waals surface area contributed by atoms with E-state index in [1.54, 1.807) is 12.3 Å². The molecule has 0 N–H and O–H groups in total. The van der Waals surface area contributed by atoms with E-state index in [1.807, 2.05) is 4.90 Å². The predicted octanol–water partition coefficient (Wildman–Crippen LogP) is 1.51. The molecule has 1 fully saturated rings. The molecule has 0 bridgehead atoms. The van der Waals surface area contributed by atoms with Crippen molar-refractivity contribution in [2.24, 2.45) is 0 Å². The van der Waals surface area contributed by atoms with Gasteiger partial charge >= 0.3 is 0 Å². The summed E-state index contributed by atoms with van der Waals surface area (Å²) in [5.74, 6) is -0.00185. The first-order valence-corrected chi connectivity index (χ1v) is 6.06. The van der Waals surface area contributed by atoms with Crippen LogP contribution in [-0.2, 0) is 0 Å². The van der Waals surface area contributed by atoms with E-state index < -0.39 is 0 Å². The SMILES string of the molecule is CC1CN(C)CCN1C(=O)c1ccncc1Cl. The lowest BCUT2D eigenvalue weighted by Gasteiger charge is -2.38. The van der Waals surface area contributed by atoms with Crippen LogP contribution in [0.5, 0.6) is 0 Å². The summed E-state index contributed by atoms with van der Waals surface area (Å²) in [4.78, 5) is 20.3. The summed E-state index contributed by atoms with van der Waals surface area (Å²) in [7, 11) is 2.07. The zero-order valence-electron chi connectivity index (χ0n) is 10.1. The topological polar surface area (TPSA) is 36.4 Å². The Labute approximate surface area is 106 Å². The standard InChI is InChI=1S/C12H16ClN3O/c1-9-8-15(2)5-6-16(9)12(17)10-3-4-14-7-11(10)13/h3-4,7,9H,5-6,8H2,1-2H3. The van der Waals surface area contributed by atoms with Gasteiger partial charge in [0.25, 0.3) is 5.91 Å². The normalized spacial score (nSPS) is 21.6. The maximum absolute atomic E-state index is 12.3. The summed E-state index contributed by atoms with van der Waals surface area (Å²) in [5.41, 5.74) is 0.540. The molecule has 0 aliphatic carbocycles. The molecule has 1 aliphatic rings. The number of piperazine rings is 1. The molecule has 1 saturated heterocycles. The van der Waals surface area contributed by atoms with Gasteiger partial charge in [-0.15, -0.1) is 0 Å². The Morgan fingerprint density at radius 2 is 2.29 bits per heavy atom. The third kappa shape index (κ3) is 2.58. The summed E-state index contributed by atoms with van der Waals surface area (Å²) < 4.78 is 0. The van der Waals surface area contributed by atoms with Gasteiger partial charge in [0.05, 0.1) is 10.6 Å². The molecule has 5 heteroatoms. The van der Waals surface area contributed by atoms with Crippen LogP contribution in [0.4, 0.5) is 0 Å². The summed E-state index contributed by atoms with van der Waals surface area (Å²) in [6, 6.07) is 1.89. The molecule has 0 radical (unpaired) electrons. The highest BCUT2D eigenvalue weighted by Gasteiger charge is 2.27. The second-order valence-electron chi connectivity index (χ2n) is 4.47. The number of hydrogen-bond donors (Lipinski definition) is 0. The number of hydrogen-bond acceptors (Lipinski definition) is 3. The van der Waals surface area contributed by atoms with Crippen molar-refractivity contribution in [3.63, 3.8) is 0 Å². The van der Waals surface area contributed by atoms with Gasteiger partial charge in [0, 0.05) is 38.1 Å². The van der Waals surface area contributed by atoms with Gasteiger partial charge < -0.3 is 9.80 Å². The van der Waals surface area contributed by atoms with Crippen LogP contribution in [-0.4, -0.2) is 53.4 Å². The van der Waals surface area contributed by atoms with Crippen molar-refractivity contribution in [2.45, 2.75) is 13.0 Å². The van der Waals surface area contributed by atoms with Gasteiger partial charge in [0.15, 0.2) is 0 Å². The molecule has 1 aromatic heterocycles. The van der Waals surface area contributed by atoms with Crippen molar-refractivity contribution in [3.05, 3.63) is 29.0 Å². The minimum absolute atomic E-state index is 0.00185. The van der Waals surface area contributed by atoms with Crippen LogP contribution in [0.1, 0.15) is 17.3 Å². The largest absolute Gasteiger partial charge is 0.333 e. The first-order valence-electron chi connectivity index (χ1n) is 5.68. The summed E-state index contributed by atoms with van der Waals surface area (Å²) >= 11 is 5.99. The molecule has 1 aromatic rings. The molecule has 1 aliphatic heterocycles.